The number of piperidine rings is 1. The number of hydrogen-bond donors (Lipinski definition) is 2. The lowest BCUT2D eigenvalue weighted by Crippen LogP contribution is -2.46. The van der Waals surface area contributed by atoms with Gasteiger partial charge in [-0.05, 0) is 67.1 Å². The Labute approximate surface area is 193 Å². The summed E-state index contributed by atoms with van der Waals surface area (Å²) in [6.07, 6.45) is 2.50. The maximum Gasteiger partial charge on any atom is 0.407 e. The summed E-state index contributed by atoms with van der Waals surface area (Å²) in [5.74, 6) is -0.116. The predicted molar refractivity (Wildman–Crippen MR) is 126 cm³/mol. The second-order valence-electron chi connectivity index (χ2n) is 8.36. The van der Waals surface area contributed by atoms with Gasteiger partial charge in [-0.2, -0.15) is 5.26 Å². The molecular weight excluding hydrogens is 426 g/mol. The summed E-state index contributed by atoms with van der Waals surface area (Å²) >= 11 is 6.35. The zero-order valence-electron chi connectivity index (χ0n) is 18.4. The maximum absolute atomic E-state index is 12.7. The minimum absolute atomic E-state index is 0.0708. The number of hydrogen-bond acceptors (Lipinski definition) is 3. The molecule has 1 aliphatic heterocycles. The molecule has 0 saturated carbocycles. The molecule has 2 amide bonds. The third-order valence-electron chi connectivity index (χ3n) is 5.84. The van der Waals surface area contributed by atoms with Crippen molar-refractivity contribution in [3.8, 4) is 6.07 Å². The second-order valence-corrected chi connectivity index (χ2v) is 8.79. The van der Waals surface area contributed by atoms with E-state index in [1.165, 1.54) is 4.90 Å². The topological polar surface area (TPSA) is 93.4 Å². The summed E-state index contributed by atoms with van der Waals surface area (Å²) in [6.45, 7) is 6.44. The zero-order valence-corrected chi connectivity index (χ0v) is 19.1. The van der Waals surface area contributed by atoms with E-state index in [1.807, 2.05) is 32.9 Å². The number of likely N-dealkylation sites (tertiary alicyclic amines) is 1. The average molecular weight is 452 g/mol. The van der Waals surface area contributed by atoms with Gasteiger partial charge in [-0.25, -0.2) is 4.79 Å². The highest BCUT2D eigenvalue weighted by Crippen LogP contribution is 2.32. The molecule has 1 aliphatic rings. The molecule has 1 atom stereocenters. The molecule has 2 N–H and O–H groups in total. The van der Waals surface area contributed by atoms with Crippen LogP contribution in [0.3, 0.4) is 0 Å². The molecule has 1 heterocycles. The lowest BCUT2D eigenvalue weighted by molar-refractivity contribution is 0.101. The van der Waals surface area contributed by atoms with Gasteiger partial charge < -0.3 is 15.3 Å². The van der Waals surface area contributed by atoms with Crippen molar-refractivity contribution in [1.29, 1.82) is 5.26 Å². The Balaban J connectivity index is 1.87. The van der Waals surface area contributed by atoms with Gasteiger partial charge in [0.15, 0.2) is 0 Å². The molecule has 32 heavy (non-hydrogen) atoms. The highest BCUT2D eigenvalue weighted by atomic mass is 35.5. The van der Waals surface area contributed by atoms with E-state index >= 15 is 0 Å². The number of benzene rings is 2. The number of carbonyl (C=O) groups is 2. The molecule has 0 bridgehead atoms. The van der Waals surface area contributed by atoms with Crippen LogP contribution in [0.15, 0.2) is 42.0 Å². The lowest BCUT2D eigenvalue weighted by Gasteiger charge is -2.37. The first-order chi connectivity index (χ1) is 15.2. The van der Waals surface area contributed by atoms with Crippen LogP contribution < -0.4 is 5.32 Å². The first kappa shape index (κ1) is 23.4. The Bertz CT molecular complexity index is 1120. The summed E-state index contributed by atoms with van der Waals surface area (Å²) in [7, 11) is 0. The van der Waals surface area contributed by atoms with Crippen molar-refractivity contribution in [2.45, 2.75) is 39.7 Å². The van der Waals surface area contributed by atoms with Crippen LogP contribution in [0.1, 0.15) is 53.7 Å². The molecule has 2 aromatic carbocycles. The van der Waals surface area contributed by atoms with E-state index in [1.54, 1.807) is 30.3 Å². The molecule has 3 rings (SSSR count). The van der Waals surface area contributed by atoms with Crippen LogP contribution in [0.2, 0.25) is 5.02 Å². The largest absolute Gasteiger partial charge is 0.465 e. The average Bonchev–Trinajstić information content (AvgIpc) is 2.76. The van der Waals surface area contributed by atoms with Crippen molar-refractivity contribution < 1.29 is 14.7 Å². The first-order valence-electron chi connectivity index (χ1n) is 10.5. The summed E-state index contributed by atoms with van der Waals surface area (Å²) in [5, 5.41) is 21.9. The number of nitrogens with one attached hydrogen (secondary N) is 1. The number of carbonyl (C=O) groups excluding carboxylic acids is 1. The number of nitriles is 1. The molecule has 1 fully saturated rings. The predicted octanol–water partition coefficient (Wildman–Crippen LogP) is 5.95. The van der Waals surface area contributed by atoms with E-state index in [0.717, 1.165) is 16.7 Å². The van der Waals surface area contributed by atoms with Crippen LogP contribution in [-0.4, -0.2) is 34.6 Å². The number of carboxylic acid groups (broad SMARTS) is 1. The number of nitrogens with zero attached hydrogens (tertiary/aromatic N) is 2. The van der Waals surface area contributed by atoms with Gasteiger partial charge in [0.05, 0.1) is 11.6 Å². The van der Waals surface area contributed by atoms with Crippen molar-refractivity contribution in [3.05, 3.63) is 69.2 Å². The van der Waals surface area contributed by atoms with Gasteiger partial charge in [-0.3, -0.25) is 4.79 Å². The van der Waals surface area contributed by atoms with Crippen LogP contribution in [0.25, 0.3) is 6.08 Å². The van der Waals surface area contributed by atoms with Gasteiger partial charge in [0.1, 0.15) is 0 Å². The van der Waals surface area contributed by atoms with Crippen LogP contribution in [0.5, 0.6) is 0 Å². The summed E-state index contributed by atoms with van der Waals surface area (Å²) in [5.41, 5.74) is 4.32. The molecule has 0 radical (unpaired) electrons. The number of rotatable bonds is 4. The van der Waals surface area contributed by atoms with Crippen molar-refractivity contribution in [2.75, 3.05) is 11.9 Å². The third-order valence-corrected chi connectivity index (χ3v) is 6.05. The molecule has 166 valence electrons. The lowest BCUT2D eigenvalue weighted by atomic mass is 9.88. The van der Waals surface area contributed by atoms with Gasteiger partial charge in [-0.15, -0.1) is 0 Å². The van der Waals surface area contributed by atoms with Crippen LogP contribution in [0.4, 0.5) is 10.5 Å². The van der Waals surface area contributed by atoms with Crippen molar-refractivity contribution in [1.82, 2.24) is 4.90 Å². The molecule has 1 unspecified atom stereocenters. The normalized spacial score (nSPS) is 17.3. The summed E-state index contributed by atoms with van der Waals surface area (Å²) in [6, 6.07) is 12.0. The number of anilines is 1. The molecular formula is C25H26ClN3O3. The minimum Gasteiger partial charge on any atom is -0.465 e. The summed E-state index contributed by atoms with van der Waals surface area (Å²) in [4.78, 5) is 25.8. The van der Waals surface area contributed by atoms with Gasteiger partial charge in [0.25, 0.3) is 5.91 Å². The molecule has 0 aliphatic carbocycles. The fourth-order valence-electron chi connectivity index (χ4n) is 4.00. The maximum atomic E-state index is 12.7. The van der Waals surface area contributed by atoms with E-state index in [4.69, 9.17) is 16.9 Å². The van der Waals surface area contributed by atoms with Crippen LogP contribution in [-0.2, 0) is 0 Å². The highest BCUT2D eigenvalue weighted by Gasteiger charge is 2.30. The molecule has 0 spiro atoms. The van der Waals surface area contributed by atoms with E-state index in [2.05, 4.69) is 11.4 Å². The molecule has 7 heteroatoms. The Morgan fingerprint density at radius 3 is 2.72 bits per heavy atom. The van der Waals surface area contributed by atoms with Gasteiger partial charge in [0.2, 0.25) is 0 Å². The highest BCUT2D eigenvalue weighted by molar-refractivity contribution is 6.31. The number of amides is 2. The van der Waals surface area contributed by atoms with Gasteiger partial charge >= 0.3 is 6.09 Å². The monoisotopic (exact) mass is 451 g/mol. The number of halogens is 1. The fraction of sp³-hybridized carbons (Fsp3) is 0.320. The van der Waals surface area contributed by atoms with Crippen molar-refractivity contribution in [3.63, 3.8) is 0 Å². The molecule has 1 saturated heterocycles. The standard InChI is InChI=1S/C25H26ClN3O3/c1-15(2)23-11-17(7-8-29(23)25(31)32)9-20-12-21(26)13-22(16(20)3)28-24(30)19-6-4-5-18(10-19)14-27/h4-6,9-10,12-13,15,23H,7-8,11H2,1-3H3,(H,28,30)(H,31,32). The van der Waals surface area contributed by atoms with Crippen LogP contribution >= 0.6 is 11.6 Å². The Hall–Kier alpha value is -3.30. The fourth-order valence-corrected chi connectivity index (χ4v) is 4.23. The van der Waals surface area contributed by atoms with Crippen molar-refractivity contribution >= 4 is 35.4 Å². The smallest absolute Gasteiger partial charge is 0.407 e. The minimum atomic E-state index is -0.882. The van der Waals surface area contributed by atoms with Gasteiger partial charge in [0, 0.05) is 28.9 Å². The second kappa shape index (κ2) is 9.88. The van der Waals surface area contributed by atoms with E-state index in [0.29, 0.717) is 41.2 Å². The van der Waals surface area contributed by atoms with E-state index in [-0.39, 0.29) is 17.9 Å². The molecule has 2 aromatic rings. The van der Waals surface area contributed by atoms with E-state index in [9.17, 15) is 14.7 Å². The zero-order chi connectivity index (χ0) is 23.4. The Morgan fingerprint density at radius 2 is 2.06 bits per heavy atom. The Morgan fingerprint density at radius 1 is 1.31 bits per heavy atom. The Kier molecular flexibility index (Phi) is 7.22. The van der Waals surface area contributed by atoms with E-state index < -0.39 is 6.09 Å². The molecule has 6 nitrogen and oxygen atoms in total. The summed E-state index contributed by atoms with van der Waals surface area (Å²) < 4.78 is 0. The van der Waals surface area contributed by atoms with Crippen molar-refractivity contribution in [2.24, 2.45) is 5.92 Å². The van der Waals surface area contributed by atoms with Crippen LogP contribution in [0, 0.1) is 24.2 Å². The SMILES string of the molecule is Cc1c(C=C2CCN(C(=O)O)C(C(C)C)C2)cc(Cl)cc1NC(=O)c1cccc(C#N)c1. The molecule has 0 aromatic heterocycles. The first-order valence-corrected chi connectivity index (χ1v) is 10.9. The third kappa shape index (κ3) is 5.30. The quantitative estimate of drug-likeness (QED) is 0.600. The van der Waals surface area contributed by atoms with Gasteiger partial charge in [-0.1, -0.05) is 43.2 Å².